The molecule has 5 nitrogen and oxygen atoms in total. The maximum absolute atomic E-state index is 13.2. The Bertz CT molecular complexity index is 673. The first kappa shape index (κ1) is 13.1. The van der Waals surface area contributed by atoms with E-state index in [1.54, 1.807) is 11.8 Å². The van der Waals surface area contributed by atoms with Crippen molar-refractivity contribution in [3.05, 3.63) is 40.8 Å². The molecule has 1 aromatic heterocycles. The van der Waals surface area contributed by atoms with Gasteiger partial charge in [0.25, 0.3) is 0 Å². The van der Waals surface area contributed by atoms with Gasteiger partial charge in [0, 0.05) is 18.7 Å². The van der Waals surface area contributed by atoms with Crippen LogP contribution in [0.1, 0.15) is 24.1 Å². The Morgan fingerprint density at radius 1 is 1.50 bits per heavy atom. The molecule has 0 N–H and O–H groups in total. The van der Waals surface area contributed by atoms with Crippen molar-refractivity contribution in [2.24, 2.45) is 0 Å². The highest BCUT2D eigenvalue weighted by molar-refractivity contribution is 6.31. The summed E-state index contributed by atoms with van der Waals surface area (Å²) in [5.74, 6) is 0.259. The number of anilines is 1. The van der Waals surface area contributed by atoms with E-state index in [1.807, 2.05) is 0 Å². The van der Waals surface area contributed by atoms with Crippen molar-refractivity contribution in [1.29, 1.82) is 0 Å². The molecule has 0 radical (unpaired) electrons. The summed E-state index contributed by atoms with van der Waals surface area (Å²) in [6.07, 6.45) is 0.288. The molecule has 1 saturated heterocycles. The van der Waals surface area contributed by atoms with E-state index < -0.39 is 5.82 Å². The lowest BCUT2D eigenvalue weighted by atomic mass is 10.1. The summed E-state index contributed by atoms with van der Waals surface area (Å²) >= 11 is 5.74. The van der Waals surface area contributed by atoms with E-state index in [-0.39, 0.29) is 23.3 Å². The van der Waals surface area contributed by atoms with Gasteiger partial charge in [0.05, 0.1) is 10.9 Å². The van der Waals surface area contributed by atoms with Gasteiger partial charge in [-0.15, -0.1) is 0 Å². The number of carbonyl (C=O) groups excluding carboxylic acids is 1. The number of nitrogens with zero attached hydrogens (tertiary/aromatic N) is 3. The molecule has 2 heterocycles. The summed E-state index contributed by atoms with van der Waals surface area (Å²) in [5.41, 5.74) is 0.570. The van der Waals surface area contributed by atoms with Crippen molar-refractivity contribution in [3.8, 4) is 0 Å². The number of rotatable bonds is 2. The van der Waals surface area contributed by atoms with Gasteiger partial charge in [0.2, 0.25) is 11.8 Å². The molecule has 0 aliphatic carbocycles. The normalized spacial score (nSPS) is 18.9. The largest absolute Gasteiger partial charge is 0.339 e. The van der Waals surface area contributed by atoms with Gasteiger partial charge in [0.1, 0.15) is 5.82 Å². The summed E-state index contributed by atoms with van der Waals surface area (Å²) in [7, 11) is 0. The highest BCUT2D eigenvalue weighted by atomic mass is 35.5. The predicted molar refractivity (Wildman–Crippen MR) is 70.2 cm³/mol. The predicted octanol–water partition coefficient (Wildman–Crippen LogP) is 2.69. The van der Waals surface area contributed by atoms with Crippen LogP contribution < -0.4 is 4.90 Å². The number of hydrogen-bond donors (Lipinski definition) is 0. The quantitative estimate of drug-likeness (QED) is 0.854. The monoisotopic (exact) mass is 295 g/mol. The Labute approximate surface area is 119 Å². The Hall–Kier alpha value is -1.95. The molecule has 0 spiro atoms. The highest BCUT2D eigenvalue weighted by Gasteiger charge is 2.35. The average Bonchev–Trinajstić information content (AvgIpc) is 2.99. The number of halogens is 2. The lowest BCUT2D eigenvalue weighted by molar-refractivity contribution is -0.117. The Morgan fingerprint density at radius 2 is 2.30 bits per heavy atom. The Balaban J connectivity index is 1.85. The molecule has 2 aromatic rings. The smallest absolute Gasteiger partial charge is 0.232 e. The number of aromatic nitrogens is 2. The van der Waals surface area contributed by atoms with Crippen LogP contribution in [0, 0.1) is 12.7 Å². The zero-order valence-electron chi connectivity index (χ0n) is 10.6. The van der Waals surface area contributed by atoms with E-state index in [2.05, 4.69) is 10.1 Å². The van der Waals surface area contributed by atoms with E-state index in [0.717, 1.165) is 0 Å². The molecule has 104 valence electrons. The zero-order chi connectivity index (χ0) is 14.3. The Kier molecular flexibility index (Phi) is 3.17. The summed E-state index contributed by atoms with van der Waals surface area (Å²) in [4.78, 5) is 17.8. The van der Waals surface area contributed by atoms with Gasteiger partial charge < -0.3 is 9.42 Å². The SMILES string of the molecule is Cc1noc([C@H]2CC(=O)N(c3ccc(F)c(Cl)c3)C2)n1. The maximum atomic E-state index is 13.2. The van der Waals surface area contributed by atoms with Crippen LogP contribution in [0.5, 0.6) is 0 Å². The number of amides is 1. The molecular weight excluding hydrogens is 285 g/mol. The van der Waals surface area contributed by atoms with E-state index in [4.69, 9.17) is 16.1 Å². The average molecular weight is 296 g/mol. The van der Waals surface area contributed by atoms with Gasteiger partial charge in [0.15, 0.2) is 5.82 Å². The van der Waals surface area contributed by atoms with Crippen LogP contribution in [0.4, 0.5) is 10.1 Å². The van der Waals surface area contributed by atoms with E-state index in [0.29, 0.717) is 23.9 Å². The van der Waals surface area contributed by atoms with Crippen molar-refractivity contribution in [2.75, 3.05) is 11.4 Å². The van der Waals surface area contributed by atoms with Crippen LogP contribution in [0.3, 0.4) is 0 Å². The Morgan fingerprint density at radius 3 is 2.95 bits per heavy atom. The first-order valence-corrected chi connectivity index (χ1v) is 6.48. The van der Waals surface area contributed by atoms with E-state index in [9.17, 15) is 9.18 Å². The summed E-state index contributed by atoms with van der Waals surface area (Å²) in [6, 6.07) is 4.21. The van der Waals surface area contributed by atoms with Gasteiger partial charge in [-0.05, 0) is 25.1 Å². The topological polar surface area (TPSA) is 59.2 Å². The minimum atomic E-state index is -0.508. The highest BCUT2D eigenvalue weighted by Crippen LogP contribution is 2.32. The van der Waals surface area contributed by atoms with Gasteiger partial charge in [-0.1, -0.05) is 16.8 Å². The fraction of sp³-hybridized carbons (Fsp3) is 0.308. The molecule has 1 atom stereocenters. The third-order valence-electron chi connectivity index (χ3n) is 3.23. The molecule has 0 unspecified atom stereocenters. The molecule has 1 amide bonds. The van der Waals surface area contributed by atoms with Crippen molar-refractivity contribution in [2.45, 2.75) is 19.3 Å². The number of aryl methyl sites for hydroxylation is 1. The molecule has 3 rings (SSSR count). The third-order valence-corrected chi connectivity index (χ3v) is 3.52. The van der Waals surface area contributed by atoms with Crippen LogP contribution in [0.25, 0.3) is 0 Å². The number of hydrogen-bond acceptors (Lipinski definition) is 4. The molecule has 0 saturated carbocycles. The van der Waals surface area contributed by atoms with E-state index in [1.165, 1.54) is 18.2 Å². The van der Waals surface area contributed by atoms with Crippen LogP contribution >= 0.6 is 11.6 Å². The second-order valence-corrected chi connectivity index (χ2v) is 5.09. The molecular formula is C13H11ClFN3O2. The van der Waals surface area contributed by atoms with Gasteiger partial charge in [-0.25, -0.2) is 4.39 Å². The molecule has 0 bridgehead atoms. The number of benzene rings is 1. The van der Waals surface area contributed by atoms with Crippen LogP contribution in [0.2, 0.25) is 5.02 Å². The minimum Gasteiger partial charge on any atom is -0.339 e. The summed E-state index contributed by atoms with van der Waals surface area (Å²) < 4.78 is 18.3. The molecule has 1 aliphatic heterocycles. The van der Waals surface area contributed by atoms with Crippen molar-refractivity contribution in [1.82, 2.24) is 10.1 Å². The standard InChI is InChI=1S/C13H11ClFN3O2/c1-7-16-13(20-17-7)8-4-12(19)18(6-8)9-2-3-11(15)10(14)5-9/h2-3,5,8H,4,6H2,1H3/t8-/m0/s1. The van der Waals surface area contributed by atoms with Crippen LogP contribution in [-0.2, 0) is 4.79 Å². The van der Waals surface area contributed by atoms with Crippen molar-refractivity contribution < 1.29 is 13.7 Å². The third kappa shape index (κ3) is 2.27. The van der Waals surface area contributed by atoms with Gasteiger partial charge >= 0.3 is 0 Å². The van der Waals surface area contributed by atoms with Crippen LogP contribution in [-0.4, -0.2) is 22.6 Å². The molecule has 1 aromatic carbocycles. The van der Waals surface area contributed by atoms with Crippen molar-refractivity contribution in [3.63, 3.8) is 0 Å². The van der Waals surface area contributed by atoms with Gasteiger partial charge in [-0.2, -0.15) is 4.98 Å². The lowest BCUT2D eigenvalue weighted by Crippen LogP contribution is -2.24. The van der Waals surface area contributed by atoms with E-state index >= 15 is 0 Å². The number of carbonyl (C=O) groups is 1. The molecule has 1 aliphatic rings. The minimum absolute atomic E-state index is 0.00705. The summed E-state index contributed by atoms with van der Waals surface area (Å²) in [6.45, 7) is 2.14. The fourth-order valence-corrected chi connectivity index (χ4v) is 2.43. The second-order valence-electron chi connectivity index (χ2n) is 4.68. The first-order chi connectivity index (χ1) is 9.54. The fourth-order valence-electron chi connectivity index (χ4n) is 2.25. The lowest BCUT2D eigenvalue weighted by Gasteiger charge is -2.16. The maximum Gasteiger partial charge on any atom is 0.232 e. The van der Waals surface area contributed by atoms with Crippen molar-refractivity contribution >= 4 is 23.2 Å². The second kappa shape index (κ2) is 4.86. The zero-order valence-corrected chi connectivity index (χ0v) is 11.4. The molecule has 1 fully saturated rings. The first-order valence-electron chi connectivity index (χ1n) is 6.10. The van der Waals surface area contributed by atoms with Gasteiger partial charge in [-0.3, -0.25) is 4.79 Å². The molecule has 20 heavy (non-hydrogen) atoms. The summed E-state index contributed by atoms with van der Waals surface area (Å²) in [5, 5.41) is 3.72. The molecule has 7 heteroatoms. The van der Waals surface area contributed by atoms with Crippen LogP contribution in [0.15, 0.2) is 22.7 Å².